The molecule has 1 amide bonds. The summed E-state index contributed by atoms with van der Waals surface area (Å²) in [4.78, 5) is 20.1. The molecule has 1 heterocycles. The Morgan fingerprint density at radius 3 is 2.26 bits per heavy atom. The van der Waals surface area contributed by atoms with Gasteiger partial charge in [-0.05, 0) is 36.2 Å². The summed E-state index contributed by atoms with van der Waals surface area (Å²) in [5.74, 6) is -2.18. The molecular weight excluding hydrogens is 357 g/mol. The van der Waals surface area contributed by atoms with Crippen LogP contribution in [-0.2, 0) is 6.42 Å². The summed E-state index contributed by atoms with van der Waals surface area (Å²) in [6.45, 7) is 0.526. The molecule has 2 aromatic carbocycles. The molecule has 0 bridgehead atoms. The number of aromatic nitrogens is 2. The topological polar surface area (TPSA) is 66.9 Å². The van der Waals surface area contributed by atoms with Crippen molar-refractivity contribution in [3.8, 4) is 0 Å². The molecule has 0 aliphatic heterocycles. The standard InChI is InChI=1S/C19H15F3N4O/c20-14-3-1-12(2-4-14)7-8-23-19-24-10-13(11-25-19)18(27)26-17-6-5-15(21)9-16(17)22/h1-6,9-11H,7-8H2,(H,26,27)(H,23,24,25). The van der Waals surface area contributed by atoms with E-state index in [1.807, 2.05) is 0 Å². The van der Waals surface area contributed by atoms with Crippen LogP contribution < -0.4 is 10.6 Å². The second-order valence-corrected chi connectivity index (χ2v) is 5.68. The first-order chi connectivity index (χ1) is 13.0. The van der Waals surface area contributed by atoms with Crippen molar-refractivity contribution in [2.75, 3.05) is 17.2 Å². The predicted molar refractivity (Wildman–Crippen MR) is 94.9 cm³/mol. The van der Waals surface area contributed by atoms with Crippen molar-refractivity contribution in [2.24, 2.45) is 0 Å². The van der Waals surface area contributed by atoms with E-state index in [-0.39, 0.29) is 17.1 Å². The van der Waals surface area contributed by atoms with Gasteiger partial charge in [0.2, 0.25) is 5.95 Å². The van der Waals surface area contributed by atoms with E-state index in [4.69, 9.17) is 0 Å². The number of carbonyl (C=O) groups is 1. The molecular formula is C19H15F3N4O. The van der Waals surface area contributed by atoms with E-state index in [1.54, 1.807) is 12.1 Å². The van der Waals surface area contributed by atoms with Gasteiger partial charge in [0.15, 0.2) is 0 Å². The summed E-state index contributed by atoms with van der Waals surface area (Å²) in [5, 5.41) is 5.32. The number of amides is 1. The second kappa shape index (κ2) is 8.31. The Labute approximate surface area is 153 Å². The molecule has 0 spiro atoms. The highest BCUT2D eigenvalue weighted by Crippen LogP contribution is 2.16. The van der Waals surface area contributed by atoms with Gasteiger partial charge in [0.25, 0.3) is 5.91 Å². The van der Waals surface area contributed by atoms with E-state index in [0.29, 0.717) is 25.0 Å². The van der Waals surface area contributed by atoms with Crippen LogP contribution in [0.2, 0.25) is 0 Å². The molecule has 0 fully saturated rings. The monoisotopic (exact) mass is 372 g/mol. The van der Waals surface area contributed by atoms with Gasteiger partial charge >= 0.3 is 0 Å². The minimum Gasteiger partial charge on any atom is -0.354 e. The van der Waals surface area contributed by atoms with Crippen molar-refractivity contribution in [3.63, 3.8) is 0 Å². The molecule has 0 saturated heterocycles. The average Bonchev–Trinajstić information content (AvgIpc) is 2.66. The largest absolute Gasteiger partial charge is 0.354 e. The normalized spacial score (nSPS) is 10.5. The molecule has 0 aliphatic rings. The van der Waals surface area contributed by atoms with Crippen LogP contribution in [0.25, 0.3) is 0 Å². The van der Waals surface area contributed by atoms with Crippen LogP contribution in [0.4, 0.5) is 24.8 Å². The molecule has 8 heteroatoms. The number of rotatable bonds is 6. The van der Waals surface area contributed by atoms with Crippen molar-refractivity contribution in [1.82, 2.24) is 9.97 Å². The number of anilines is 2. The number of nitrogens with one attached hydrogen (secondary N) is 2. The van der Waals surface area contributed by atoms with E-state index in [0.717, 1.165) is 17.7 Å². The van der Waals surface area contributed by atoms with Gasteiger partial charge in [-0.3, -0.25) is 4.79 Å². The van der Waals surface area contributed by atoms with Crippen LogP contribution in [0.15, 0.2) is 54.9 Å². The molecule has 0 atom stereocenters. The Morgan fingerprint density at radius 2 is 1.59 bits per heavy atom. The predicted octanol–water partition coefficient (Wildman–Crippen LogP) is 3.80. The maximum absolute atomic E-state index is 13.6. The Bertz CT molecular complexity index is 931. The lowest BCUT2D eigenvalue weighted by Crippen LogP contribution is -2.15. The summed E-state index contributed by atoms with van der Waals surface area (Å²) in [5.41, 5.74) is 0.951. The highest BCUT2D eigenvalue weighted by atomic mass is 19.1. The number of hydrogen-bond donors (Lipinski definition) is 2. The smallest absolute Gasteiger partial charge is 0.258 e. The lowest BCUT2D eigenvalue weighted by Gasteiger charge is -2.07. The second-order valence-electron chi connectivity index (χ2n) is 5.68. The van der Waals surface area contributed by atoms with Gasteiger partial charge in [0.05, 0.1) is 11.3 Å². The van der Waals surface area contributed by atoms with E-state index in [2.05, 4.69) is 20.6 Å². The fourth-order valence-electron chi connectivity index (χ4n) is 2.29. The summed E-state index contributed by atoms with van der Waals surface area (Å²) < 4.78 is 39.3. The van der Waals surface area contributed by atoms with Crippen LogP contribution in [0.5, 0.6) is 0 Å². The zero-order valence-corrected chi connectivity index (χ0v) is 14.0. The third kappa shape index (κ3) is 5.04. The molecule has 27 heavy (non-hydrogen) atoms. The summed E-state index contributed by atoms with van der Waals surface area (Å²) in [7, 11) is 0. The highest BCUT2D eigenvalue weighted by molar-refractivity contribution is 6.03. The van der Waals surface area contributed by atoms with Crippen LogP contribution >= 0.6 is 0 Å². The Hall–Kier alpha value is -3.42. The molecule has 0 saturated carbocycles. The number of halogens is 3. The Kier molecular flexibility index (Phi) is 5.65. The van der Waals surface area contributed by atoms with Gasteiger partial charge < -0.3 is 10.6 Å². The van der Waals surface area contributed by atoms with E-state index in [9.17, 15) is 18.0 Å². The van der Waals surface area contributed by atoms with Crippen LogP contribution in [0.1, 0.15) is 15.9 Å². The Balaban J connectivity index is 1.54. The molecule has 3 aromatic rings. The van der Waals surface area contributed by atoms with E-state index < -0.39 is 17.5 Å². The summed E-state index contributed by atoms with van der Waals surface area (Å²) in [6.07, 6.45) is 3.24. The van der Waals surface area contributed by atoms with E-state index >= 15 is 0 Å². The summed E-state index contributed by atoms with van der Waals surface area (Å²) in [6, 6.07) is 9.03. The lowest BCUT2D eigenvalue weighted by molar-refractivity contribution is 0.102. The van der Waals surface area contributed by atoms with Crippen molar-refractivity contribution in [3.05, 3.63) is 83.4 Å². The zero-order chi connectivity index (χ0) is 19.2. The van der Waals surface area contributed by atoms with Crippen molar-refractivity contribution >= 4 is 17.5 Å². The fraction of sp³-hybridized carbons (Fsp3) is 0.105. The highest BCUT2D eigenvalue weighted by Gasteiger charge is 2.11. The average molecular weight is 372 g/mol. The molecule has 138 valence electrons. The third-order valence-electron chi connectivity index (χ3n) is 3.70. The third-order valence-corrected chi connectivity index (χ3v) is 3.70. The first-order valence-electron chi connectivity index (χ1n) is 8.08. The lowest BCUT2D eigenvalue weighted by atomic mass is 10.1. The maximum Gasteiger partial charge on any atom is 0.258 e. The first kappa shape index (κ1) is 18.4. The number of benzene rings is 2. The van der Waals surface area contributed by atoms with Gasteiger partial charge in [-0.25, -0.2) is 23.1 Å². The minimum absolute atomic E-state index is 0.128. The SMILES string of the molecule is O=C(Nc1ccc(F)cc1F)c1cnc(NCCc2ccc(F)cc2)nc1. The molecule has 0 unspecified atom stereocenters. The molecule has 0 aliphatic carbocycles. The van der Waals surface area contributed by atoms with Crippen LogP contribution in [-0.4, -0.2) is 22.4 Å². The fourth-order valence-corrected chi connectivity index (χ4v) is 2.29. The number of hydrogen-bond acceptors (Lipinski definition) is 4. The molecule has 1 aromatic heterocycles. The van der Waals surface area contributed by atoms with Gasteiger partial charge in [-0.1, -0.05) is 12.1 Å². The molecule has 0 radical (unpaired) electrons. The van der Waals surface area contributed by atoms with Gasteiger partial charge in [0, 0.05) is 25.0 Å². The molecule has 5 nitrogen and oxygen atoms in total. The van der Waals surface area contributed by atoms with Gasteiger partial charge in [0.1, 0.15) is 17.5 Å². The van der Waals surface area contributed by atoms with E-state index in [1.165, 1.54) is 24.5 Å². The Morgan fingerprint density at radius 1 is 0.926 bits per heavy atom. The molecule has 2 N–H and O–H groups in total. The van der Waals surface area contributed by atoms with Crippen LogP contribution in [0.3, 0.4) is 0 Å². The first-order valence-corrected chi connectivity index (χ1v) is 8.08. The number of carbonyl (C=O) groups excluding carboxylic acids is 1. The van der Waals surface area contributed by atoms with Crippen molar-refractivity contribution in [1.29, 1.82) is 0 Å². The zero-order valence-electron chi connectivity index (χ0n) is 14.0. The quantitative estimate of drug-likeness (QED) is 0.691. The summed E-state index contributed by atoms with van der Waals surface area (Å²) >= 11 is 0. The van der Waals surface area contributed by atoms with Crippen molar-refractivity contribution in [2.45, 2.75) is 6.42 Å². The number of nitrogens with zero attached hydrogens (tertiary/aromatic N) is 2. The minimum atomic E-state index is -0.872. The molecule has 3 rings (SSSR count). The van der Waals surface area contributed by atoms with Crippen LogP contribution in [0, 0.1) is 17.5 Å². The van der Waals surface area contributed by atoms with Gasteiger partial charge in [-0.2, -0.15) is 0 Å². The maximum atomic E-state index is 13.6. The van der Waals surface area contributed by atoms with Gasteiger partial charge in [-0.15, -0.1) is 0 Å². The van der Waals surface area contributed by atoms with Crippen molar-refractivity contribution < 1.29 is 18.0 Å².